The van der Waals surface area contributed by atoms with E-state index >= 15 is 0 Å². The van der Waals surface area contributed by atoms with E-state index in [0.29, 0.717) is 5.75 Å². The van der Waals surface area contributed by atoms with Crippen LogP contribution < -0.4 is 10.5 Å². The SMILES string of the molecule is CCc1ccc(OC2CC(N)C2(C)CC)c([N+](=O)[O-])c1. The standard InChI is InChI=1S/C15H22N2O3/c1-4-10-6-7-12(11(8-10)17(18)19)20-14-9-13(16)15(14,3)5-2/h6-8,13-14H,4-5,9,16H2,1-3H3. The third-order valence-electron chi connectivity index (χ3n) is 4.71. The van der Waals surface area contributed by atoms with E-state index in [0.717, 1.165) is 24.8 Å². The van der Waals surface area contributed by atoms with Crippen LogP contribution in [0.1, 0.15) is 39.2 Å². The average molecular weight is 278 g/mol. The predicted octanol–water partition coefficient (Wildman–Crippen LogP) is 3.05. The highest BCUT2D eigenvalue weighted by Crippen LogP contribution is 2.46. The largest absolute Gasteiger partial charge is 0.483 e. The van der Waals surface area contributed by atoms with Crippen LogP contribution >= 0.6 is 0 Å². The first-order valence-corrected chi connectivity index (χ1v) is 7.12. The Morgan fingerprint density at radius 1 is 1.50 bits per heavy atom. The topological polar surface area (TPSA) is 78.4 Å². The van der Waals surface area contributed by atoms with E-state index in [1.54, 1.807) is 12.1 Å². The average Bonchev–Trinajstić information content (AvgIpc) is 2.45. The van der Waals surface area contributed by atoms with Gasteiger partial charge in [0.1, 0.15) is 6.10 Å². The molecule has 1 aromatic rings. The third kappa shape index (κ3) is 2.38. The lowest BCUT2D eigenvalue weighted by Crippen LogP contribution is -2.61. The lowest BCUT2D eigenvalue weighted by Gasteiger charge is -2.51. The van der Waals surface area contributed by atoms with E-state index < -0.39 is 0 Å². The summed E-state index contributed by atoms with van der Waals surface area (Å²) in [7, 11) is 0. The zero-order chi connectivity index (χ0) is 14.9. The number of nitro groups is 1. The lowest BCUT2D eigenvalue weighted by atomic mass is 9.62. The van der Waals surface area contributed by atoms with Gasteiger partial charge in [0.2, 0.25) is 0 Å². The molecule has 3 atom stereocenters. The zero-order valence-corrected chi connectivity index (χ0v) is 12.3. The molecule has 0 spiro atoms. The Hall–Kier alpha value is -1.62. The van der Waals surface area contributed by atoms with Crippen molar-refractivity contribution in [2.24, 2.45) is 11.1 Å². The van der Waals surface area contributed by atoms with Gasteiger partial charge in [-0.15, -0.1) is 0 Å². The maximum Gasteiger partial charge on any atom is 0.311 e. The van der Waals surface area contributed by atoms with Gasteiger partial charge in [0.15, 0.2) is 5.75 Å². The molecule has 1 saturated carbocycles. The normalized spacial score (nSPS) is 28.8. The number of benzene rings is 1. The first-order chi connectivity index (χ1) is 9.42. The summed E-state index contributed by atoms with van der Waals surface area (Å²) in [5.41, 5.74) is 6.92. The van der Waals surface area contributed by atoms with Gasteiger partial charge < -0.3 is 10.5 Å². The van der Waals surface area contributed by atoms with E-state index in [1.807, 2.05) is 13.0 Å². The fourth-order valence-electron chi connectivity index (χ4n) is 2.70. The Morgan fingerprint density at radius 3 is 2.70 bits per heavy atom. The number of nitrogens with two attached hydrogens (primary N) is 1. The number of rotatable bonds is 5. The molecule has 0 aliphatic heterocycles. The van der Waals surface area contributed by atoms with E-state index in [2.05, 4.69) is 13.8 Å². The highest BCUT2D eigenvalue weighted by atomic mass is 16.6. The van der Waals surface area contributed by atoms with Crippen molar-refractivity contribution in [2.45, 2.75) is 52.2 Å². The zero-order valence-electron chi connectivity index (χ0n) is 12.3. The fraction of sp³-hybridized carbons (Fsp3) is 0.600. The highest BCUT2D eigenvalue weighted by Gasteiger charge is 2.50. The number of nitrogens with zero attached hydrogens (tertiary/aromatic N) is 1. The fourth-order valence-corrected chi connectivity index (χ4v) is 2.70. The molecule has 2 rings (SSSR count). The molecule has 0 amide bonds. The minimum absolute atomic E-state index is 0.0447. The van der Waals surface area contributed by atoms with Crippen molar-refractivity contribution in [1.29, 1.82) is 0 Å². The summed E-state index contributed by atoms with van der Waals surface area (Å²) in [6.07, 6.45) is 2.37. The van der Waals surface area contributed by atoms with E-state index in [1.165, 1.54) is 0 Å². The number of hydrogen-bond acceptors (Lipinski definition) is 4. The molecule has 1 aromatic carbocycles. The number of nitro benzene ring substituents is 1. The van der Waals surface area contributed by atoms with Crippen molar-refractivity contribution in [3.63, 3.8) is 0 Å². The van der Waals surface area contributed by atoms with Crippen molar-refractivity contribution < 1.29 is 9.66 Å². The maximum absolute atomic E-state index is 11.2. The van der Waals surface area contributed by atoms with Crippen LogP contribution in [-0.4, -0.2) is 17.1 Å². The summed E-state index contributed by atoms with van der Waals surface area (Å²) >= 11 is 0. The molecule has 5 nitrogen and oxygen atoms in total. The summed E-state index contributed by atoms with van der Waals surface area (Å²) in [6, 6.07) is 5.28. The van der Waals surface area contributed by atoms with Crippen LogP contribution in [-0.2, 0) is 6.42 Å². The van der Waals surface area contributed by atoms with Gasteiger partial charge in [0, 0.05) is 23.9 Å². The molecule has 1 fully saturated rings. The smallest absolute Gasteiger partial charge is 0.311 e. The summed E-state index contributed by atoms with van der Waals surface area (Å²) in [5.74, 6) is 0.351. The van der Waals surface area contributed by atoms with Crippen molar-refractivity contribution >= 4 is 5.69 Å². The van der Waals surface area contributed by atoms with Gasteiger partial charge in [-0.25, -0.2) is 0 Å². The number of ether oxygens (including phenoxy) is 1. The van der Waals surface area contributed by atoms with Crippen LogP contribution in [0.3, 0.4) is 0 Å². The second-order valence-corrected chi connectivity index (χ2v) is 5.72. The third-order valence-corrected chi connectivity index (χ3v) is 4.71. The minimum Gasteiger partial charge on any atom is -0.483 e. The number of hydrogen-bond donors (Lipinski definition) is 1. The Morgan fingerprint density at radius 2 is 2.20 bits per heavy atom. The van der Waals surface area contributed by atoms with Crippen LogP contribution in [0, 0.1) is 15.5 Å². The molecule has 5 heteroatoms. The van der Waals surface area contributed by atoms with Crippen LogP contribution in [0.5, 0.6) is 5.75 Å². The van der Waals surface area contributed by atoms with Crippen LogP contribution in [0.2, 0.25) is 0 Å². The Labute approximate surface area is 119 Å². The second kappa shape index (κ2) is 5.40. The molecule has 20 heavy (non-hydrogen) atoms. The first-order valence-electron chi connectivity index (χ1n) is 7.12. The molecular formula is C15H22N2O3. The van der Waals surface area contributed by atoms with Gasteiger partial charge in [-0.05, 0) is 24.5 Å². The summed E-state index contributed by atoms with van der Waals surface area (Å²) in [4.78, 5) is 10.8. The Balaban J connectivity index is 2.24. The lowest BCUT2D eigenvalue weighted by molar-refractivity contribution is -0.386. The van der Waals surface area contributed by atoms with E-state index in [4.69, 9.17) is 10.5 Å². The Kier molecular flexibility index (Phi) is 3.99. The van der Waals surface area contributed by atoms with Gasteiger partial charge in [0.25, 0.3) is 0 Å². The van der Waals surface area contributed by atoms with Gasteiger partial charge in [-0.2, -0.15) is 0 Å². The molecule has 110 valence electrons. The molecule has 0 saturated heterocycles. The molecule has 3 unspecified atom stereocenters. The molecule has 0 radical (unpaired) electrons. The molecule has 1 aliphatic rings. The monoisotopic (exact) mass is 278 g/mol. The highest BCUT2D eigenvalue weighted by molar-refractivity contribution is 5.49. The minimum atomic E-state index is -0.379. The maximum atomic E-state index is 11.2. The van der Waals surface area contributed by atoms with Crippen LogP contribution in [0.15, 0.2) is 18.2 Å². The molecular weight excluding hydrogens is 256 g/mol. The molecule has 1 aliphatic carbocycles. The molecule has 0 heterocycles. The first kappa shape index (κ1) is 14.8. The van der Waals surface area contributed by atoms with Crippen molar-refractivity contribution in [3.8, 4) is 5.75 Å². The second-order valence-electron chi connectivity index (χ2n) is 5.72. The van der Waals surface area contributed by atoms with Gasteiger partial charge in [-0.1, -0.05) is 26.8 Å². The summed E-state index contributed by atoms with van der Waals surface area (Å²) in [5, 5.41) is 11.2. The predicted molar refractivity (Wildman–Crippen MR) is 77.9 cm³/mol. The molecule has 2 N–H and O–H groups in total. The quantitative estimate of drug-likeness (QED) is 0.663. The van der Waals surface area contributed by atoms with E-state index in [-0.39, 0.29) is 28.2 Å². The van der Waals surface area contributed by atoms with Crippen molar-refractivity contribution in [1.82, 2.24) is 0 Å². The molecule has 0 aromatic heterocycles. The van der Waals surface area contributed by atoms with E-state index in [9.17, 15) is 10.1 Å². The van der Waals surface area contributed by atoms with Crippen molar-refractivity contribution in [3.05, 3.63) is 33.9 Å². The van der Waals surface area contributed by atoms with Gasteiger partial charge in [0.05, 0.1) is 4.92 Å². The Bertz CT molecular complexity index is 518. The van der Waals surface area contributed by atoms with Crippen molar-refractivity contribution in [2.75, 3.05) is 0 Å². The van der Waals surface area contributed by atoms with Crippen LogP contribution in [0.4, 0.5) is 5.69 Å². The number of aryl methyl sites for hydroxylation is 1. The molecule has 0 bridgehead atoms. The summed E-state index contributed by atoms with van der Waals surface area (Å²) in [6.45, 7) is 6.13. The van der Waals surface area contributed by atoms with Gasteiger partial charge in [-0.3, -0.25) is 10.1 Å². The van der Waals surface area contributed by atoms with Crippen LogP contribution in [0.25, 0.3) is 0 Å². The van der Waals surface area contributed by atoms with Gasteiger partial charge >= 0.3 is 5.69 Å². The summed E-state index contributed by atoms with van der Waals surface area (Å²) < 4.78 is 5.90.